The highest BCUT2D eigenvalue weighted by Gasteiger charge is 2.47. The summed E-state index contributed by atoms with van der Waals surface area (Å²) in [6, 6.07) is 5.23. The molecule has 0 amide bonds. The number of hydrogen-bond donors (Lipinski definition) is 10. The summed E-state index contributed by atoms with van der Waals surface area (Å²) in [4.78, 5) is 13.5. The van der Waals surface area contributed by atoms with E-state index in [1.807, 2.05) is 0 Å². The summed E-state index contributed by atoms with van der Waals surface area (Å²) in [6.07, 6.45) is -15.1. The Morgan fingerprint density at radius 1 is 0.786 bits per heavy atom. The molecule has 5 rings (SSSR count). The number of aliphatic hydroxyl groups is 6. The zero-order chi connectivity index (χ0) is 30.5. The average Bonchev–Trinajstić information content (AvgIpc) is 2.94. The van der Waals surface area contributed by atoms with Crippen molar-refractivity contribution < 1.29 is 74.4 Å². The molecule has 0 bridgehead atoms. The topological polar surface area (TPSA) is 269 Å². The van der Waals surface area contributed by atoms with Gasteiger partial charge < -0.3 is 74.4 Å². The number of phenols is 4. The lowest BCUT2D eigenvalue weighted by Crippen LogP contribution is -2.61. The molecule has 0 saturated carbocycles. The molecule has 0 aliphatic carbocycles. The number of benzene rings is 2. The van der Waals surface area contributed by atoms with Crippen molar-refractivity contribution in [1.82, 2.24) is 0 Å². The van der Waals surface area contributed by atoms with Gasteiger partial charge in [-0.15, -0.1) is 0 Å². The first-order valence-corrected chi connectivity index (χ1v) is 12.6. The third-order valence-corrected chi connectivity index (χ3v) is 6.94. The normalized spacial score (nSPS) is 31.7. The van der Waals surface area contributed by atoms with E-state index in [2.05, 4.69) is 0 Å². The molecule has 16 heteroatoms. The quantitative estimate of drug-likeness (QED) is 0.137. The third kappa shape index (κ3) is 5.42. The molecule has 16 nitrogen and oxygen atoms in total. The van der Waals surface area contributed by atoms with Gasteiger partial charge in [-0.25, -0.2) is 0 Å². The zero-order valence-corrected chi connectivity index (χ0v) is 21.4. The van der Waals surface area contributed by atoms with Crippen LogP contribution in [0.1, 0.15) is 0 Å². The molecule has 1 aromatic heterocycles. The fraction of sp³-hybridized carbons (Fsp3) is 0.423. The van der Waals surface area contributed by atoms with Gasteiger partial charge in [-0.2, -0.15) is 0 Å². The van der Waals surface area contributed by atoms with E-state index >= 15 is 0 Å². The van der Waals surface area contributed by atoms with Gasteiger partial charge in [0.25, 0.3) is 0 Å². The number of ether oxygens (including phenoxy) is 4. The van der Waals surface area contributed by atoms with Gasteiger partial charge in [-0.3, -0.25) is 4.79 Å². The van der Waals surface area contributed by atoms with Gasteiger partial charge in [0.15, 0.2) is 23.5 Å². The van der Waals surface area contributed by atoms with Gasteiger partial charge in [0, 0.05) is 17.7 Å². The number of phenolic OH excluding ortho intramolecular Hbond substituents is 4. The Kier molecular flexibility index (Phi) is 8.17. The summed E-state index contributed by atoms with van der Waals surface area (Å²) in [5, 5.41) is 101. The van der Waals surface area contributed by atoms with Gasteiger partial charge >= 0.3 is 0 Å². The van der Waals surface area contributed by atoms with Crippen LogP contribution in [0.2, 0.25) is 0 Å². The predicted molar refractivity (Wildman–Crippen MR) is 136 cm³/mol. The van der Waals surface area contributed by atoms with Crippen molar-refractivity contribution in [2.24, 2.45) is 0 Å². The van der Waals surface area contributed by atoms with Crippen LogP contribution in [-0.2, 0) is 14.2 Å². The summed E-state index contributed by atoms with van der Waals surface area (Å²) >= 11 is 0. The number of aromatic hydroxyl groups is 4. The molecule has 2 aliphatic rings. The molecule has 2 fully saturated rings. The van der Waals surface area contributed by atoms with E-state index in [1.54, 1.807) is 0 Å². The largest absolute Gasteiger partial charge is 0.508 e. The van der Waals surface area contributed by atoms with Gasteiger partial charge in [-0.05, 0) is 18.2 Å². The maximum absolute atomic E-state index is 13.5. The lowest BCUT2D eigenvalue weighted by molar-refractivity contribution is -0.307. The molecular formula is C26H28O16. The summed E-state index contributed by atoms with van der Waals surface area (Å²) in [7, 11) is 0. The molecule has 2 saturated heterocycles. The summed E-state index contributed by atoms with van der Waals surface area (Å²) < 4.78 is 27.5. The van der Waals surface area contributed by atoms with Gasteiger partial charge in [0.05, 0.1) is 13.2 Å². The lowest BCUT2D eigenvalue weighted by Gasteiger charge is -2.41. The monoisotopic (exact) mass is 596 g/mol. The third-order valence-electron chi connectivity index (χ3n) is 6.94. The molecule has 2 aliphatic heterocycles. The van der Waals surface area contributed by atoms with Crippen molar-refractivity contribution >= 4 is 11.0 Å². The van der Waals surface area contributed by atoms with E-state index < -0.39 is 107 Å². The Bertz CT molecular complexity index is 1510. The number of aliphatic hydroxyl groups excluding tert-OH is 6. The zero-order valence-electron chi connectivity index (χ0n) is 21.4. The lowest BCUT2D eigenvalue weighted by atomic mass is 9.99. The molecule has 228 valence electrons. The minimum atomic E-state index is -1.96. The van der Waals surface area contributed by atoms with E-state index in [4.69, 9.17) is 23.4 Å². The van der Waals surface area contributed by atoms with E-state index in [9.17, 15) is 55.9 Å². The van der Waals surface area contributed by atoms with Crippen LogP contribution in [-0.4, -0.2) is 120 Å². The van der Waals surface area contributed by atoms with Crippen LogP contribution in [0.15, 0.2) is 39.5 Å². The number of fused-ring (bicyclic) bond motifs is 1. The second kappa shape index (κ2) is 11.5. The first-order valence-electron chi connectivity index (χ1n) is 12.6. The van der Waals surface area contributed by atoms with Crippen molar-refractivity contribution in [2.75, 3.05) is 13.2 Å². The summed E-state index contributed by atoms with van der Waals surface area (Å²) in [6.45, 7) is -0.970. The van der Waals surface area contributed by atoms with Gasteiger partial charge in [-0.1, -0.05) is 0 Å². The first-order chi connectivity index (χ1) is 19.9. The Morgan fingerprint density at radius 3 is 2.21 bits per heavy atom. The Hall–Kier alpha value is -3.71. The highest BCUT2D eigenvalue weighted by atomic mass is 16.7. The summed E-state index contributed by atoms with van der Waals surface area (Å²) in [5.41, 5.74) is -1.35. The molecule has 3 aromatic rings. The number of hydrogen-bond acceptors (Lipinski definition) is 16. The van der Waals surface area contributed by atoms with E-state index in [-0.39, 0.29) is 17.8 Å². The SMILES string of the molecule is O=c1c(O[C@H]2O[C@H](CO[C@H]3OC[C@@H](O)[C@H](O)[C@H]3O)[C@@H](O)[C@H](O)[C@H]2O)c(-c2ccc(O)c(O)c2)oc2cc(O)cc(O)c12. The van der Waals surface area contributed by atoms with Crippen LogP contribution in [0.4, 0.5) is 0 Å². The fourth-order valence-corrected chi connectivity index (χ4v) is 4.61. The Balaban J connectivity index is 1.48. The maximum Gasteiger partial charge on any atom is 0.239 e. The van der Waals surface area contributed by atoms with E-state index in [0.717, 1.165) is 24.3 Å². The van der Waals surface area contributed by atoms with Gasteiger partial charge in [0.2, 0.25) is 17.5 Å². The van der Waals surface area contributed by atoms with Crippen LogP contribution < -0.4 is 10.2 Å². The molecule has 2 aromatic carbocycles. The standard InChI is InChI=1S/C26H28O16/c27-9-4-12(30)16-14(5-9)40-23(8-1-2-10(28)11(29)3-8)24(19(16)34)42-26-22(37)20(35)18(33)15(41-26)7-39-25-21(36)17(32)13(31)6-38-25/h1-5,13,15,17-18,20-22,25-33,35-37H,6-7H2/t13-,15-,17+,18-,20+,21-,22-,25-,26-/m1/s1. The molecule has 10 N–H and O–H groups in total. The van der Waals surface area contributed by atoms with Gasteiger partial charge in [0.1, 0.15) is 65.2 Å². The Morgan fingerprint density at radius 2 is 1.50 bits per heavy atom. The molecular weight excluding hydrogens is 568 g/mol. The average molecular weight is 596 g/mol. The highest BCUT2D eigenvalue weighted by Crippen LogP contribution is 2.39. The fourth-order valence-electron chi connectivity index (χ4n) is 4.61. The van der Waals surface area contributed by atoms with E-state index in [0.29, 0.717) is 0 Å². The smallest absolute Gasteiger partial charge is 0.239 e. The van der Waals surface area contributed by atoms with Crippen molar-refractivity contribution in [2.45, 2.75) is 55.3 Å². The van der Waals surface area contributed by atoms with Crippen molar-refractivity contribution in [3.63, 3.8) is 0 Å². The molecule has 42 heavy (non-hydrogen) atoms. The second-order valence-electron chi connectivity index (χ2n) is 9.85. The highest BCUT2D eigenvalue weighted by molar-refractivity contribution is 5.88. The van der Waals surface area contributed by atoms with Crippen molar-refractivity contribution in [3.8, 4) is 40.1 Å². The first kappa shape index (κ1) is 29.8. The van der Waals surface area contributed by atoms with Crippen LogP contribution in [0.5, 0.6) is 28.7 Å². The Labute approximate surface area is 235 Å². The molecule has 0 spiro atoms. The molecule has 3 heterocycles. The molecule has 0 unspecified atom stereocenters. The minimum Gasteiger partial charge on any atom is -0.508 e. The maximum atomic E-state index is 13.5. The molecule has 9 atom stereocenters. The summed E-state index contributed by atoms with van der Waals surface area (Å²) in [5.74, 6) is -3.33. The van der Waals surface area contributed by atoms with Crippen LogP contribution in [0.3, 0.4) is 0 Å². The van der Waals surface area contributed by atoms with Crippen LogP contribution in [0.25, 0.3) is 22.3 Å². The number of rotatable bonds is 6. The van der Waals surface area contributed by atoms with Crippen molar-refractivity contribution in [1.29, 1.82) is 0 Å². The minimum absolute atomic E-state index is 0.0305. The van der Waals surface area contributed by atoms with Crippen LogP contribution in [0, 0.1) is 0 Å². The predicted octanol–water partition coefficient (Wildman–Crippen LogP) is -2.08. The second-order valence-corrected chi connectivity index (χ2v) is 9.85. The van der Waals surface area contributed by atoms with Crippen LogP contribution >= 0.6 is 0 Å². The van der Waals surface area contributed by atoms with E-state index in [1.165, 1.54) is 6.07 Å². The molecule has 0 radical (unpaired) electrons. The van der Waals surface area contributed by atoms with Crippen molar-refractivity contribution in [3.05, 3.63) is 40.6 Å².